The quantitative estimate of drug-likeness (QED) is 0.850. The molecule has 2 aromatic heterocycles. The van der Waals surface area contributed by atoms with Gasteiger partial charge in [-0.05, 0) is 27.1 Å². The normalized spacial score (nSPS) is 10.6. The maximum absolute atomic E-state index is 12.0. The molecule has 0 saturated heterocycles. The lowest BCUT2D eigenvalue weighted by Crippen LogP contribution is -2.31. The smallest absolute Gasteiger partial charge is 0.280 e. The highest BCUT2D eigenvalue weighted by atomic mass is 32.1. The molecule has 2 rings (SSSR count). The van der Waals surface area contributed by atoms with Crippen molar-refractivity contribution < 1.29 is 4.79 Å². The zero-order valence-electron chi connectivity index (χ0n) is 13.1. The molecule has 8 heteroatoms. The second-order valence-corrected chi connectivity index (χ2v) is 6.12. The number of amides is 1. The van der Waals surface area contributed by atoms with Crippen LogP contribution in [0.25, 0.3) is 11.3 Å². The SMILES string of the molecule is Cc1[nH]c(=O)c(C#N)cc1-c1csc(C(=O)NCCN(C)C)n1. The fourth-order valence-corrected chi connectivity index (χ4v) is 2.68. The first-order chi connectivity index (χ1) is 10.9. The number of rotatable bonds is 5. The minimum atomic E-state index is -0.425. The molecule has 23 heavy (non-hydrogen) atoms. The molecule has 7 nitrogen and oxygen atoms in total. The predicted molar refractivity (Wildman–Crippen MR) is 88.5 cm³/mol. The lowest BCUT2D eigenvalue weighted by atomic mass is 10.1. The number of aromatic amines is 1. The van der Waals surface area contributed by atoms with Crippen molar-refractivity contribution in [1.82, 2.24) is 20.2 Å². The summed E-state index contributed by atoms with van der Waals surface area (Å²) in [6.45, 7) is 3.01. The van der Waals surface area contributed by atoms with Gasteiger partial charge in [0.1, 0.15) is 11.6 Å². The van der Waals surface area contributed by atoms with Crippen LogP contribution in [0.1, 0.15) is 21.1 Å². The van der Waals surface area contributed by atoms with E-state index in [-0.39, 0.29) is 11.5 Å². The highest BCUT2D eigenvalue weighted by Crippen LogP contribution is 2.24. The minimum absolute atomic E-state index is 0.0237. The van der Waals surface area contributed by atoms with Gasteiger partial charge in [0, 0.05) is 29.7 Å². The van der Waals surface area contributed by atoms with E-state index in [1.807, 2.05) is 25.1 Å². The van der Waals surface area contributed by atoms with Crippen molar-refractivity contribution in [2.75, 3.05) is 27.2 Å². The largest absolute Gasteiger partial charge is 0.349 e. The van der Waals surface area contributed by atoms with Crippen LogP contribution in [0.4, 0.5) is 0 Å². The summed E-state index contributed by atoms with van der Waals surface area (Å²) in [7, 11) is 3.86. The third-order valence-electron chi connectivity index (χ3n) is 3.18. The molecular weight excluding hydrogens is 314 g/mol. The van der Waals surface area contributed by atoms with Crippen molar-refractivity contribution >= 4 is 17.2 Å². The second-order valence-electron chi connectivity index (χ2n) is 5.26. The highest BCUT2D eigenvalue weighted by Gasteiger charge is 2.14. The molecule has 0 saturated carbocycles. The summed E-state index contributed by atoms with van der Waals surface area (Å²) < 4.78 is 0. The minimum Gasteiger partial charge on any atom is -0.349 e. The van der Waals surface area contributed by atoms with Crippen LogP contribution in [-0.4, -0.2) is 48.0 Å². The summed E-state index contributed by atoms with van der Waals surface area (Å²) in [5, 5.41) is 13.8. The van der Waals surface area contributed by atoms with Gasteiger partial charge >= 0.3 is 0 Å². The first-order valence-corrected chi connectivity index (χ1v) is 7.83. The van der Waals surface area contributed by atoms with E-state index in [9.17, 15) is 9.59 Å². The number of aromatic nitrogens is 2. The number of pyridine rings is 1. The zero-order valence-corrected chi connectivity index (χ0v) is 14.0. The number of nitriles is 1. The third-order valence-corrected chi connectivity index (χ3v) is 4.02. The van der Waals surface area contributed by atoms with Crippen LogP contribution in [0, 0.1) is 18.3 Å². The molecule has 120 valence electrons. The van der Waals surface area contributed by atoms with Crippen molar-refractivity contribution in [3.05, 3.63) is 38.1 Å². The number of aryl methyl sites for hydroxylation is 1. The third kappa shape index (κ3) is 4.03. The highest BCUT2D eigenvalue weighted by molar-refractivity contribution is 7.12. The van der Waals surface area contributed by atoms with E-state index in [2.05, 4.69) is 15.3 Å². The number of hydrogen-bond donors (Lipinski definition) is 2. The number of carbonyl (C=O) groups is 1. The van der Waals surface area contributed by atoms with Crippen molar-refractivity contribution in [3.63, 3.8) is 0 Å². The van der Waals surface area contributed by atoms with Gasteiger partial charge in [-0.3, -0.25) is 9.59 Å². The average molecular weight is 331 g/mol. The van der Waals surface area contributed by atoms with Crippen LogP contribution in [0.2, 0.25) is 0 Å². The van der Waals surface area contributed by atoms with Crippen LogP contribution in [0.5, 0.6) is 0 Å². The van der Waals surface area contributed by atoms with Gasteiger partial charge < -0.3 is 15.2 Å². The Morgan fingerprint density at radius 2 is 2.26 bits per heavy atom. The van der Waals surface area contributed by atoms with Crippen LogP contribution >= 0.6 is 11.3 Å². The number of carbonyl (C=O) groups excluding carboxylic acids is 1. The fourth-order valence-electron chi connectivity index (χ4n) is 1.94. The Labute approximate surface area is 137 Å². The molecule has 1 amide bonds. The molecule has 0 aliphatic carbocycles. The molecule has 0 aliphatic rings. The topological polar surface area (TPSA) is 102 Å². The molecule has 0 atom stereocenters. The second kappa shape index (κ2) is 7.17. The Kier molecular flexibility index (Phi) is 5.26. The number of hydrogen-bond acceptors (Lipinski definition) is 6. The van der Waals surface area contributed by atoms with Crippen molar-refractivity contribution in [2.45, 2.75) is 6.92 Å². The predicted octanol–water partition coefficient (Wildman–Crippen LogP) is 0.970. The zero-order chi connectivity index (χ0) is 17.0. The van der Waals surface area contributed by atoms with E-state index >= 15 is 0 Å². The van der Waals surface area contributed by atoms with Gasteiger partial charge in [-0.1, -0.05) is 0 Å². The van der Waals surface area contributed by atoms with Gasteiger partial charge in [-0.2, -0.15) is 5.26 Å². The van der Waals surface area contributed by atoms with Crippen LogP contribution in [0.3, 0.4) is 0 Å². The monoisotopic (exact) mass is 331 g/mol. The molecule has 0 spiro atoms. The van der Waals surface area contributed by atoms with E-state index in [0.717, 1.165) is 6.54 Å². The number of nitrogens with zero attached hydrogens (tertiary/aromatic N) is 3. The van der Waals surface area contributed by atoms with E-state index in [0.29, 0.717) is 28.5 Å². The van der Waals surface area contributed by atoms with Gasteiger partial charge in [0.15, 0.2) is 5.01 Å². The summed E-state index contributed by atoms with van der Waals surface area (Å²) in [5.74, 6) is -0.231. The molecule has 0 radical (unpaired) electrons. The van der Waals surface area contributed by atoms with Crippen molar-refractivity contribution in [3.8, 4) is 17.3 Å². The summed E-state index contributed by atoms with van der Waals surface area (Å²) in [4.78, 5) is 32.5. The Balaban J connectivity index is 2.21. The van der Waals surface area contributed by atoms with E-state index in [4.69, 9.17) is 5.26 Å². The summed E-state index contributed by atoms with van der Waals surface area (Å²) >= 11 is 1.23. The first kappa shape index (κ1) is 16.9. The van der Waals surface area contributed by atoms with Crippen molar-refractivity contribution in [1.29, 1.82) is 5.26 Å². The molecule has 0 aliphatic heterocycles. The van der Waals surface area contributed by atoms with Gasteiger partial charge in [0.2, 0.25) is 0 Å². The van der Waals surface area contributed by atoms with Gasteiger partial charge in [-0.15, -0.1) is 11.3 Å². The molecule has 2 heterocycles. The number of thiazole rings is 1. The molecule has 2 aromatic rings. The number of nitrogens with one attached hydrogen (secondary N) is 2. The lowest BCUT2D eigenvalue weighted by molar-refractivity contribution is 0.0950. The van der Waals surface area contributed by atoms with Crippen LogP contribution in [0.15, 0.2) is 16.2 Å². The summed E-state index contributed by atoms with van der Waals surface area (Å²) in [5.41, 5.74) is 1.42. The summed E-state index contributed by atoms with van der Waals surface area (Å²) in [6.07, 6.45) is 0. The Bertz CT molecular complexity index is 816. The number of likely N-dealkylation sites (N-methyl/N-ethyl adjacent to an activating group) is 1. The Hall–Kier alpha value is -2.50. The van der Waals surface area contributed by atoms with E-state index in [1.165, 1.54) is 17.4 Å². The molecule has 0 bridgehead atoms. The Morgan fingerprint density at radius 1 is 1.52 bits per heavy atom. The average Bonchev–Trinajstić information content (AvgIpc) is 2.96. The summed E-state index contributed by atoms with van der Waals surface area (Å²) in [6, 6.07) is 3.35. The Morgan fingerprint density at radius 3 is 2.91 bits per heavy atom. The van der Waals surface area contributed by atoms with Crippen LogP contribution in [-0.2, 0) is 0 Å². The standard InChI is InChI=1S/C15H17N5O2S/c1-9-11(6-10(7-16)13(21)18-9)12-8-23-15(19-12)14(22)17-4-5-20(2)3/h6,8H,4-5H2,1-3H3,(H,17,22)(H,18,21). The fraction of sp³-hybridized carbons (Fsp3) is 0.333. The van der Waals surface area contributed by atoms with Gasteiger partial charge in [0.05, 0.1) is 5.69 Å². The van der Waals surface area contributed by atoms with Crippen LogP contribution < -0.4 is 10.9 Å². The molecule has 0 unspecified atom stereocenters. The molecule has 0 aromatic carbocycles. The maximum Gasteiger partial charge on any atom is 0.280 e. The van der Waals surface area contributed by atoms with E-state index in [1.54, 1.807) is 12.3 Å². The van der Waals surface area contributed by atoms with E-state index < -0.39 is 5.56 Å². The lowest BCUT2D eigenvalue weighted by Gasteiger charge is -2.09. The molecule has 0 fully saturated rings. The van der Waals surface area contributed by atoms with Gasteiger partial charge in [-0.25, -0.2) is 4.98 Å². The first-order valence-electron chi connectivity index (χ1n) is 6.95. The maximum atomic E-state index is 12.0. The molecular formula is C15H17N5O2S. The van der Waals surface area contributed by atoms with Crippen molar-refractivity contribution in [2.24, 2.45) is 0 Å². The molecule has 2 N–H and O–H groups in total. The number of H-pyrrole nitrogens is 1. The van der Waals surface area contributed by atoms with Gasteiger partial charge in [0.25, 0.3) is 11.5 Å².